The molecule has 2 heterocycles. The number of carbonyl (C=O) groups excluding carboxylic acids is 2. The summed E-state index contributed by atoms with van der Waals surface area (Å²) < 4.78 is 0. The normalized spacial score (nSPS) is 13.7. The van der Waals surface area contributed by atoms with Gasteiger partial charge in [-0.1, -0.05) is 12.1 Å². The SMILES string of the molecule is Cc1cc(C)c2c(c1)C(=O)C(=O)N2CCc1cccnc1. The molecule has 0 atom stereocenters. The zero-order chi connectivity index (χ0) is 15.0. The molecule has 4 nitrogen and oxygen atoms in total. The summed E-state index contributed by atoms with van der Waals surface area (Å²) in [5.74, 6) is -0.828. The van der Waals surface area contributed by atoms with Crippen LogP contribution in [0, 0.1) is 13.8 Å². The fraction of sp³-hybridized carbons (Fsp3) is 0.235. The Morgan fingerprint density at radius 2 is 2.00 bits per heavy atom. The molecule has 0 bridgehead atoms. The minimum atomic E-state index is -0.428. The number of nitrogens with zero attached hydrogens (tertiary/aromatic N) is 2. The first-order valence-corrected chi connectivity index (χ1v) is 6.94. The van der Waals surface area contributed by atoms with Gasteiger partial charge in [0.25, 0.3) is 11.7 Å². The van der Waals surface area contributed by atoms with Crippen molar-refractivity contribution in [3.63, 3.8) is 0 Å². The number of pyridine rings is 1. The second-order valence-electron chi connectivity index (χ2n) is 5.38. The van der Waals surface area contributed by atoms with Crippen LogP contribution in [-0.4, -0.2) is 23.2 Å². The second-order valence-corrected chi connectivity index (χ2v) is 5.38. The maximum absolute atomic E-state index is 12.2. The summed E-state index contributed by atoms with van der Waals surface area (Å²) >= 11 is 0. The Kier molecular flexibility index (Phi) is 3.29. The highest BCUT2D eigenvalue weighted by molar-refractivity contribution is 6.52. The van der Waals surface area contributed by atoms with Crippen molar-refractivity contribution < 1.29 is 9.59 Å². The molecule has 1 amide bonds. The molecule has 21 heavy (non-hydrogen) atoms. The molecule has 2 aromatic rings. The summed E-state index contributed by atoms with van der Waals surface area (Å²) in [5, 5.41) is 0. The van der Waals surface area contributed by atoms with Gasteiger partial charge in [0.05, 0.1) is 11.3 Å². The molecule has 0 aliphatic carbocycles. The molecule has 0 radical (unpaired) electrons. The van der Waals surface area contributed by atoms with Crippen molar-refractivity contribution in [2.75, 3.05) is 11.4 Å². The zero-order valence-electron chi connectivity index (χ0n) is 12.1. The van der Waals surface area contributed by atoms with E-state index >= 15 is 0 Å². The van der Waals surface area contributed by atoms with Gasteiger partial charge in [0.15, 0.2) is 0 Å². The Morgan fingerprint density at radius 3 is 2.71 bits per heavy atom. The van der Waals surface area contributed by atoms with Crippen LogP contribution >= 0.6 is 0 Å². The Bertz CT molecular complexity index is 723. The molecule has 1 aromatic carbocycles. The third kappa shape index (κ3) is 2.33. The van der Waals surface area contributed by atoms with Gasteiger partial charge in [0, 0.05) is 18.9 Å². The molecule has 0 unspecified atom stereocenters. The predicted molar refractivity (Wildman–Crippen MR) is 80.5 cm³/mol. The molecular formula is C17H16N2O2. The highest BCUT2D eigenvalue weighted by atomic mass is 16.2. The molecule has 4 heteroatoms. The smallest absolute Gasteiger partial charge is 0.299 e. The molecule has 1 aliphatic heterocycles. The number of anilines is 1. The largest absolute Gasteiger partial charge is 0.304 e. The Balaban J connectivity index is 1.91. The lowest BCUT2D eigenvalue weighted by molar-refractivity contribution is -0.114. The lowest BCUT2D eigenvalue weighted by Gasteiger charge is -2.18. The lowest BCUT2D eigenvalue weighted by Crippen LogP contribution is -2.32. The fourth-order valence-electron chi connectivity index (χ4n) is 2.83. The lowest BCUT2D eigenvalue weighted by atomic mass is 10.0. The number of Topliss-reactive ketones (excluding diaryl/α,β-unsaturated/α-hetero) is 1. The van der Waals surface area contributed by atoms with Crippen LogP contribution in [0.2, 0.25) is 0 Å². The number of hydrogen-bond donors (Lipinski definition) is 0. The minimum Gasteiger partial charge on any atom is -0.304 e. The topological polar surface area (TPSA) is 50.3 Å². The van der Waals surface area contributed by atoms with Gasteiger partial charge in [0.1, 0.15) is 0 Å². The maximum atomic E-state index is 12.2. The van der Waals surface area contributed by atoms with E-state index in [2.05, 4.69) is 4.98 Å². The van der Waals surface area contributed by atoms with Gasteiger partial charge in [-0.05, 0) is 49.1 Å². The van der Waals surface area contributed by atoms with Crippen molar-refractivity contribution >= 4 is 17.4 Å². The minimum absolute atomic E-state index is 0.400. The summed E-state index contributed by atoms with van der Waals surface area (Å²) in [7, 11) is 0. The Hall–Kier alpha value is -2.49. The van der Waals surface area contributed by atoms with Crippen molar-refractivity contribution in [3.05, 3.63) is 58.9 Å². The van der Waals surface area contributed by atoms with E-state index in [1.807, 2.05) is 32.0 Å². The van der Waals surface area contributed by atoms with E-state index in [4.69, 9.17) is 0 Å². The highest BCUT2D eigenvalue weighted by Crippen LogP contribution is 2.33. The van der Waals surface area contributed by atoms with Crippen LogP contribution in [0.15, 0.2) is 36.7 Å². The van der Waals surface area contributed by atoms with Crippen LogP contribution < -0.4 is 4.90 Å². The molecule has 0 saturated carbocycles. The summed E-state index contributed by atoms with van der Waals surface area (Å²) in [6, 6.07) is 7.64. The van der Waals surface area contributed by atoms with Crippen LogP contribution in [0.5, 0.6) is 0 Å². The van der Waals surface area contributed by atoms with Gasteiger partial charge in [0.2, 0.25) is 0 Å². The van der Waals surface area contributed by atoms with Crippen molar-refractivity contribution in [2.24, 2.45) is 0 Å². The number of aromatic nitrogens is 1. The molecule has 106 valence electrons. The van der Waals surface area contributed by atoms with E-state index in [9.17, 15) is 9.59 Å². The number of rotatable bonds is 3. The number of hydrogen-bond acceptors (Lipinski definition) is 3. The molecule has 0 spiro atoms. The average molecular weight is 280 g/mol. The van der Waals surface area contributed by atoms with Crippen molar-refractivity contribution in [3.8, 4) is 0 Å². The first kappa shape index (κ1) is 13.5. The number of fused-ring (bicyclic) bond motifs is 1. The molecule has 3 rings (SSSR count). The summed E-state index contributed by atoms with van der Waals surface area (Å²) in [4.78, 5) is 30.0. The maximum Gasteiger partial charge on any atom is 0.299 e. The van der Waals surface area contributed by atoms with Crippen LogP contribution in [0.1, 0.15) is 27.0 Å². The van der Waals surface area contributed by atoms with Crippen LogP contribution in [-0.2, 0) is 11.2 Å². The molecule has 1 aromatic heterocycles. The van der Waals surface area contributed by atoms with E-state index < -0.39 is 11.7 Å². The van der Waals surface area contributed by atoms with Gasteiger partial charge in [-0.25, -0.2) is 0 Å². The predicted octanol–water partition coefficient (Wildman–Crippen LogP) is 2.47. The molecular weight excluding hydrogens is 264 g/mol. The van der Waals surface area contributed by atoms with E-state index in [0.717, 1.165) is 22.4 Å². The van der Waals surface area contributed by atoms with Gasteiger partial charge in [-0.15, -0.1) is 0 Å². The van der Waals surface area contributed by atoms with Gasteiger partial charge in [-0.2, -0.15) is 0 Å². The van der Waals surface area contributed by atoms with Crippen LogP contribution in [0.3, 0.4) is 0 Å². The molecule has 0 N–H and O–H groups in total. The van der Waals surface area contributed by atoms with Gasteiger partial charge >= 0.3 is 0 Å². The number of ketones is 1. The Morgan fingerprint density at radius 1 is 1.19 bits per heavy atom. The molecule has 0 saturated heterocycles. The van der Waals surface area contributed by atoms with E-state index in [-0.39, 0.29) is 0 Å². The van der Waals surface area contributed by atoms with Crippen molar-refractivity contribution in [2.45, 2.75) is 20.3 Å². The standard InChI is InChI=1S/C17H16N2O2/c1-11-8-12(2)15-14(9-11)16(20)17(21)19(15)7-5-13-4-3-6-18-10-13/h3-4,6,8-10H,5,7H2,1-2H3. The highest BCUT2D eigenvalue weighted by Gasteiger charge is 2.36. The number of benzene rings is 1. The average Bonchev–Trinajstić information content (AvgIpc) is 2.71. The van der Waals surface area contributed by atoms with Gasteiger partial charge < -0.3 is 4.90 Å². The Labute approximate surface area is 123 Å². The molecule has 0 fully saturated rings. The van der Waals surface area contributed by atoms with Crippen LogP contribution in [0.25, 0.3) is 0 Å². The summed E-state index contributed by atoms with van der Waals surface area (Å²) in [6.45, 7) is 4.37. The van der Waals surface area contributed by atoms with Crippen LogP contribution in [0.4, 0.5) is 5.69 Å². The first-order chi connectivity index (χ1) is 10.1. The summed E-state index contributed by atoms with van der Waals surface area (Å²) in [5.41, 5.74) is 4.32. The zero-order valence-corrected chi connectivity index (χ0v) is 12.1. The van der Waals surface area contributed by atoms with E-state index in [0.29, 0.717) is 18.5 Å². The third-order valence-corrected chi connectivity index (χ3v) is 3.75. The fourth-order valence-corrected chi connectivity index (χ4v) is 2.83. The van der Waals surface area contributed by atoms with E-state index in [1.54, 1.807) is 23.4 Å². The van der Waals surface area contributed by atoms with E-state index in [1.165, 1.54) is 0 Å². The first-order valence-electron chi connectivity index (χ1n) is 6.94. The summed E-state index contributed by atoms with van der Waals surface area (Å²) in [6.07, 6.45) is 4.18. The molecule has 1 aliphatic rings. The second kappa shape index (κ2) is 5.13. The monoisotopic (exact) mass is 280 g/mol. The van der Waals surface area contributed by atoms with Crippen molar-refractivity contribution in [1.82, 2.24) is 4.98 Å². The van der Waals surface area contributed by atoms with Gasteiger partial charge in [-0.3, -0.25) is 14.6 Å². The quantitative estimate of drug-likeness (QED) is 0.812. The number of carbonyl (C=O) groups is 2. The third-order valence-electron chi connectivity index (χ3n) is 3.75. The van der Waals surface area contributed by atoms with Crippen molar-refractivity contribution in [1.29, 1.82) is 0 Å². The number of amides is 1. The number of aryl methyl sites for hydroxylation is 2.